The van der Waals surface area contributed by atoms with Crippen molar-refractivity contribution >= 4 is 0 Å². The minimum atomic E-state index is 0.459. The Balaban J connectivity index is 1.36. The molecule has 2 heterocycles. The predicted molar refractivity (Wildman–Crippen MR) is 105 cm³/mol. The Kier molecular flexibility index (Phi) is 5.74. The van der Waals surface area contributed by atoms with Crippen LogP contribution < -0.4 is 15.4 Å². The molecule has 2 N–H and O–H groups in total. The van der Waals surface area contributed by atoms with Gasteiger partial charge in [-0.2, -0.15) is 0 Å². The Hall–Kier alpha value is -1.92. The fourth-order valence-electron chi connectivity index (χ4n) is 4.93. The van der Waals surface area contributed by atoms with Crippen LogP contribution >= 0.6 is 0 Å². The molecule has 2 fully saturated rings. The fourth-order valence-corrected chi connectivity index (χ4v) is 4.93. The van der Waals surface area contributed by atoms with E-state index in [4.69, 9.17) is 4.74 Å². The zero-order chi connectivity index (χ0) is 18.5. The lowest BCUT2D eigenvalue weighted by molar-refractivity contribution is 0.120. The number of ether oxygens (including phenoxy) is 1. The minimum Gasteiger partial charge on any atom is -0.487 e. The Morgan fingerprint density at radius 1 is 1.26 bits per heavy atom. The van der Waals surface area contributed by atoms with Crippen molar-refractivity contribution in [2.75, 3.05) is 20.1 Å². The molecule has 2 aliphatic rings. The summed E-state index contributed by atoms with van der Waals surface area (Å²) < 4.78 is 8.04. The lowest BCUT2D eigenvalue weighted by atomic mass is 9.71. The summed E-state index contributed by atoms with van der Waals surface area (Å²) in [6.07, 6.45) is 8.75. The summed E-state index contributed by atoms with van der Waals surface area (Å²) in [4.78, 5) is 0. The third-order valence-electron chi connectivity index (χ3n) is 6.40. The quantitative estimate of drug-likeness (QED) is 0.786. The van der Waals surface area contributed by atoms with Crippen LogP contribution in [0.5, 0.6) is 5.75 Å². The molecule has 1 aromatic carbocycles. The van der Waals surface area contributed by atoms with E-state index in [1.165, 1.54) is 45.2 Å². The lowest BCUT2D eigenvalue weighted by Crippen LogP contribution is -2.40. The van der Waals surface area contributed by atoms with Gasteiger partial charge in [-0.3, -0.25) is 4.68 Å². The maximum absolute atomic E-state index is 6.00. The van der Waals surface area contributed by atoms with Gasteiger partial charge < -0.3 is 15.4 Å². The van der Waals surface area contributed by atoms with E-state index in [1.807, 2.05) is 29.9 Å². The smallest absolute Gasteiger partial charge is 0.134 e. The molecule has 0 bridgehead atoms. The monoisotopic (exact) mass is 369 g/mol. The van der Waals surface area contributed by atoms with Gasteiger partial charge in [-0.25, -0.2) is 0 Å². The number of para-hydroxylation sites is 1. The molecule has 6 nitrogen and oxygen atoms in total. The van der Waals surface area contributed by atoms with E-state index >= 15 is 0 Å². The van der Waals surface area contributed by atoms with Crippen molar-refractivity contribution in [3.05, 3.63) is 41.7 Å². The number of hydrogen-bond donors (Lipinski definition) is 2. The van der Waals surface area contributed by atoms with Gasteiger partial charge in [0.2, 0.25) is 0 Å². The number of nitrogens with zero attached hydrogens (tertiary/aromatic N) is 3. The van der Waals surface area contributed by atoms with Crippen LogP contribution in [0.1, 0.15) is 43.4 Å². The average Bonchev–Trinajstić information content (AvgIpc) is 3.30. The molecule has 1 unspecified atom stereocenters. The lowest BCUT2D eigenvalue weighted by Gasteiger charge is -2.39. The summed E-state index contributed by atoms with van der Waals surface area (Å²) >= 11 is 0. The van der Waals surface area contributed by atoms with E-state index in [-0.39, 0.29) is 0 Å². The molecule has 1 spiro atoms. The van der Waals surface area contributed by atoms with Crippen molar-refractivity contribution in [2.24, 2.45) is 11.3 Å². The van der Waals surface area contributed by atoms with Crippen LogP contribution in [-0.4, -0.2) is 35.1 Å². The van der Waals surface area contributed by atoms with Crippen LogP contribution in [0.25, 0.3) is 0 Å². The van der Waals surface area contributed by atoms with E-state index in [0.29, 0.717) is 12.0 Å². The van der Waals surface area contributed by atoms with Gasteiger partial charge in [0.25, 0.3) is 0 Å². The largest absolute Gasteiger partial charge is 0.487 e. The maximum Gasteiger partial charge on any atom is 0.134 e. The highest BCUT2D eigenvalue weighted by molar-refractivity contribution is 5.33. The average molecular weight is 370 g/mol. The fraction of sp³-hybridized carbons (Fsp3) is 0.619. The summed E-state index contributed by atoms with van der Waals surface area (Å²) in [6.45, 7) is 4.57. The number of hydrogen-bond acceptors (Lipinski definition) is 5. The van der Waals surface area contributed by atoms with Gasteiger partial charge in [-0.1, -0.05) is 29.8 Å². The molecule has 1 atom stereocenters. The SMILES string of the molecule is CNCc1ccccc1OCc1cn(CC2CCCC23CCNCC3)nn1. The van der Waals surface area contributed by atoms with E-state index in [0.717, 1.165) is 36.0 Å². The molecule has 4 rings (SSSR count). The summed E-state index contributed by atoms with van der Waals surface area (Å²) in [7, 11) is 1.94. The first-order chi connectivity index (χ1) is 13.3. The molecule has 0 amide bonds. The van der Waals surface area contributed by atoms with Crippen LogP contribution in [0.15, 0.2) is 30.5 Å². The van der Waals surface area contributed by atoms with Gasteiger partial charge in [0.15, 0.2) is 0 Å². The number of nitrogens with one attached hydrogen (secondary N) is 2. The molecule has 27 heavy (non-hydrogen) atoms. The molecule has 1 saturated carbocycles. The van der Waals surface area contributed by atoms with Crippen molar-refractivity contribution in [1.29, 1.82) is 0 Å². The van der Waals surface area contributed by atoms with Gasteiger partial charge in [0, 0.05) is 18.7 Å². The minimum absolute atomic E-state index is 0.459. The van der Waals surface area contributed by atoms with E-state index in [9.17, 15) is 0 Å². The van der Waals surface area contributed by atoms with Crippen LogP contribution in [0.3, 0.4) is 0 Å². The van der Waals surface area contributed by atoms with Gasteiger partial charge in [-0.15, -0.1) is 5.10 Å². The number of rotatable bonds is 7. The molecule has 2 aromatic rings. The molecule has 1 aliphatic carbocycles. The van der Waals surface area contributed by atoms with Crippen molar-refractivity contribution in [1.82, 2.24) is 25.6 Å². The summed E-state index contributed by atoms with van der Waals surface area (Å²) in [5.74, 6) is 1.64. The first-order valence-corrected chi connectivity index (χ1v) is 10.2. The van der Waals surface area contributed by atoms with Gasteiger partial charge in [-0.05, 0) is 63.2 Å². The van der Waals surface area contributed by atoms with E-state index < -0.39 is 0 Å². The second kappa shape index (κ2) is 8.40. The maximum atomic E-state index is 6.00. The normalized spacial score (nSPS) is 21.6. The highest BCUT2D eigenvalue weighted by Gasteiger charge is 2.43. The van der Waals surface area contributed by atoms with Gasteiger partial charge in [0.05, 0.1) is 6.20 Å². The molecule has 6 heteroatoms. The Labute approximate surface area is 161 Å². The van der Waals surface area contributed by atoms with Crippen molar-refractivity contribution < 1.29 is 4.74 Å². The molecular weight excluding hydrogens is 338 g/mol. The zero-order valence-corrected chi connectivity index (χ0v) is 16.3. The number of piperidine rings is 1. The third kappa shape index (κ3) is 4.17. The Bertz CT molecular complexity index is 738. The van der Waals surface area contributed by atoms with E-state index in [2.05, 4.69) is 33.2 Å². The van der Waals surface area contributed by atoms with Crippen molar-refractivity contribution in [3.63, 3.8) is 0 Å². The van der Waals surface area contributed by atoms with Crippen LogP contribution in [0, 0.1) is 11.3 Å². The first kappa shape index (κ1) is 18.4. The number of benzene rings is 1. The van der Waals surface area contributed by atoms with Gasteiger partial charge in [0.1, 0.15) is 18.1 Å². The highest BCUT2D eigenvalue weighted by Crippen LogP contribution is 2.50. The third-order valence-corrected chi connectivity index (χ3v) is 6.40. The Morgan fingerprint density at radius 2 is 2.11 bits per heavy atom. The molecule has 1 aromatic heterocycles. The molecule has 1 saturated heterocycles. The Morgan fingerprint density at radius 3 is 2.96 bits per heavy atom. The first-order valence-electron chi connectivity index (χ1n) is 10.2. The molecule has 146 valence electrons. The summed E-state index contributed by atoms with van der Waals surface area (Å²) in [5, 5.41) is 15.4. The standard InChI is InChI=1S/C21H31N5O/c1-22-13-17-5-2-3-7-20(17)27-16-19-15-26(25-24-19)14-18-6-4-8-21(18)9-11-23-12-10-21/h2-3,5,7,15,18,22-23H,4,6,8-14,16H2,1H3. The molecule has 1 aliphatic heterocycles. The predicted octanol–water partition coefficient (Wildman–Crippen LogP) is 2.75. The van der Waals surface area contributed by atoms with Crippen LogP contribution in [0.4, 0.5) is 0 Å². The topological polar surface area (TPSA) is 64.0 Å². The van der Waals surface area contributed by atoms with Crippen molar-refractivity contribution in [3.8, 4) is 5.75 Å². The summed E-state index contributed by atoms with van der Waals surface area (Å²) in [5.41, 5.74) is 2.58. The number of aromatic nitrogens is 3. The molecular formula is C21H31N5O. The van der Waals surface area contributed by atoms with Crippen molar-refractivity contribution in [2.45, 2.75) is 51.8 Å². The summed E-state index contributed by atoms with van der Waals surface area (Å²) in [6, 6.07) is 8.13. The second-order valence-corrected chi connectivity index (χ2v) is 8.06. The zero-order valence-electron chi connectivity index (χ0n) is 16.3. The molecule has 0 radical (unpaired) electrons. The second-order valence-electron chi connectivity index (χ2n) is 8.06. The van der Waals surface area contributed by atoms with Crippen LogP contribution in [0.2, 0.25) is 0 Å². The highest BCUT2D eigenvalue weighted by atomic mass is 16.5. The van der Waals surface area contributed by atoms with Crippen LogP contribution in [-0.2, 0) is 19.7 Å². The van der Waals surface area contributed by atoms with E-state index in [1.54, 1.807) is 0 Å². The van der Waals surface area contributed by atoms with Gasteiger partial charge >= 0.3 is 0 Å².